The molecule has 9 heteroatoms. The standard InChI is InChI=1S/C11H9ClN4O3S/c1-20-11-14-9(13)5-10(15-11)19-8-4-6(16(17)18)2-3-7(8)12/h2-5H,1H3,(H2,13,14,15). The Labute approximate surface area is 123 Å². The fourth-order valence-electron chi connectivity index (χ4n) is 1.36. The number of hydrogen-bond donors (Lipinski definition) is 1. The second kappa shape index (κ2) is 5.93. The number of rotatable bonds is 4. The van der Waals surface area contributed by atoms with Gasteiger partial charge in [0, 0.05) is 12.1 Å². The summed E-state index contributed by atoms with van der Waals surface area (Å²) in [7, 11) is 0. The molecule has 20 heavy (non-hydrogen) atoms. The number of nitrogens with two attached hydrogens (primary N) is 1. The lowest BCUT2D eigenvalue weighted by atomic mass is 10.3. The van der Waals surface area contributed by atoms with E-state index >= 15 is 0 Å². The number of non-ortho nitro benzene ring substituents is 1. The topological polar surface area (TPSA) is 104 Å². The molecule has 0 saturated heterocycles. The van der Waals surface area contributed by atoms with Crippen LogP contribution in [0.3, 0.4) is 0 Å². The van der Waals surface area contributed by atoms with Gasteiger partial charge in [0.2, 0.25) is 5.88 Å². The first-order valence-corrected chi connectivity index (χ1v) is 6.90. The van der Waals surface area contributed by atoms with Crippen molar-refractivity contribution in [1.82, 2.24) is 9.97 Å². The molecule has 0 atom stereocenters. The van der Waals surface area contributed by atoms with Crippen LogP contribution in [0.1, 0.15) is 0 Å². The lowest BCUT2D eigenvalue weighted by Crippen LogP contribution is -1.98. The molecule has 1 aromatic carbocycles. The molecule has 0 bridgehead atoms. The number of nitrogens with zero attached hydrogens (tertiary/aromatic N) is 3. The second-order valence-electron chi connectivity index (χ2n) is 3.59. The van der Waals surface area contributed by atoms with E-state index in [1.54, 1.807) is 6.26 Å². The molecule has 0 aliphatic carbocycles. The molecule has 2 aromatic rings. The molecule has 0 spiro atoms. The minimum atomic E-state index is -0.537. The molecule has 2 rings (SSSR count). The zero-order chi connectivity index (χ0) is 14.7. The molecule has 0 fully saturated rings. The third-order valence-corrected chi connectivity index (χ3v) is 3.08. The number of ether oxygens (including phenoxy) is 1. The first-order valence-electron chi connectivity index (χ1n) is 5.30. The number of nitro benzene ring substituents is 1. The Morgan fingerprint density at radius 2 is 2.15 bits per heavy atom. The number of thioether (sulfide) groups is 1. The van der Waals surface area contributed by atoms with Crippen LogP contribution in [0.15, 0.2) is 29.4 Å². The zero-order valence-electron chi connectivity index (χ0n) is 10.2. The van der Waals surface area contributed by atoms with Gasteiger partial charge in [-0.1, -0.05) is 23.4 Å². The van der Waals surface area contributed by atoms with Crippen LogP contribution in [0.2, 0.25) is 5.02 Å². The van der Waals surface area contributed by atoms with Crippen molar-refractivity contribution in [1.29, 1.82) is 0 Å². The molecule has 0 aliphatic rings. The van der Waals surface area contributed by atoms with Gasteiger partial charge in [0.1, 0.15) is 5.82 Å². The highest BCUT2D eigenvalue weighted by Crippen LogP contribution is 2.32. The summed E-state index contributed by atoms with van der Waals surface area (Å²) in [6.07, 6.45) is 1.79. The van der Waals surface area contributed by atoms with Crippen molar-refractivity contribution in [3.63, 3.8) is 0 Å². The van der Waals surface area contributed by atoms with E-state index < -0.39 is 4.92 Å². The molecule has 104 valence electrons. The largest absolute Gasteiger partial charge is 0.437 e. The van der Waals surface area contributed by atoms with Crippen molar-refractivity contribution in [2.45, 2.75) is 5.16 Å². The van der Waals surface area contributed by atoms with E-state index in [9.17, 15) is 10.1 Å². The number of hydrogen-bond acceptors (Lipinski definition) is 7. The first-order chi connectivity index (χ1) is 9.49. The molecule has 2 N–H and O–H groups in total. The van der Waals surface area contributed by atoms with Gasteiger partial charge in [-0.15, -0.1) is 0 Å². The summed E-state index contributed by atoms with van der Waals surface area (Å²) in [5.41, 5.74) is 5.49. The van der Waals surface area contributed by atoms with Crippen molar-refractivity contribution in [3.8, 4) is 11.6 Å². The molecule has 1 heterocycles. The van der Waals surface area contributed by atoms with Gasteiger partial charge < -0.3 is 10.5 Å². The van der Waals surface area contributed by atoms with E-state index in [2.05, 4.69) is 9.97 Å². The number of benzene rings is 1. The van der Waals surface area contributed by atoms with E-state index in [0.717, 1.165) is 0 Å². The Kier molecular flexibility index (Phi) is 4.26. The van der Waals surface area contributed by atoms with Crippen molar-refractivity contribution in [3.05, 3.63) is 39.4 Å². The van der Waals surface area contributed by atoms with Crippen molar-refractivity contribution >= 4 is 34.9 Å². The smallest absolute Gasteiger partial charge is 0.273 e. The normalized spacial score (nSPS) is 10.3. The summed E-state index contributed by atoms with van der Waals surface area (Å²) in [4.78, 5) is 18.2. The quantitative estimate of drug-likeness (QED) is 0.400. The summed E-state index contributed by atoms with van der Waals surface area (Å²) in [5.74, 6) is 0.538. The molecular weight excluding hydrogens is 304 g/mol. The number of halogens is 1. The van der Waals surface area contributed by atoms with Crippen molar-refractivity contribution < 1.29 is 9.66 Å². The second-order valence-corrected chi connectivity index (χ2v) is 4.77. The number of nitrogen functional groups attached to an aromatic ring is 1. The van der Waals surface area contributed by atoms with Crippen molar-refractivity contribution in [2.75, 3.05) is 12.0 Å². The number of aromatic nitrogens is 2. The van der Waals surface area contributed by atoms with Crippen LogP contribution in [0.4, 0.5) is 11.5 Å². The number of anilines is 1. The Balaban J connectivity index is 2.36. The van der Waals surface area contributed by atoms with Gasteiger partial charge in [-0.25, -0.2) is 4.98 Å². The lowest BCUT2D eigenvalue weighted by Gasteiger charge is -2.07. The minimum Gasteiger partial charge on any atom is -0.437 e. The molecule has 0 amide bonds. The van der Waals surface area contributed by atoms with Gasteiger partial charge >= 0.3 is 0 Å². The van der Waals surface area contributed by atoms with Crippen LogP contribution in [0, 0.1) is 10.1 Å². The van der Waals surface area contributed by atoms with E-state index in [-0.39, 0.29) is 28.2 Å². The Bertz CT molecular complexity index is 668. The SMILES string of the molecule is CSc1nc(N)cc(Oc2cc([N+](=O)[O-])ccc2Cl)n1. The van der Waals surface area contributed by atoms with Crippen LogP contribution >= 0.6 is 23.4 Å². The Hall–Kier alpha value is -2.06. The maximum absolute atomic E-state index is 10.7. The summed E-state index contributed by atoms with van der Waals surface area (Å²) in [6, 6.07) is 5.31. The molecule has 0 unspecified atom stereocenters. The minimum absolute atomic E-state index is 0.128. The summed E-state index contributed by atoms with van der Waals surface area (Å²) in [6.45, 7) is 0. The predicted octanol–water partition coefficient (Wildman–Crippen LogP) is 3.13. The third-order valence-electron chi connectivity index (χ3n) is 2.22. The van der Waals surface area contributed by atoms with E-state index in [1.165, 1.54) is 36.0 Å². The zero-order valence-corrected chi connectivity index (χ0v) is 11.8. The van der Waals surface area contributed by atoms with Crippen LogP contribution in [-0.2, 0) is 0 Å². The predicted molar refractivity (Wildman–Crippen MR) is 76.4 cm³/mol. The summed E-state index contributed by atoms with van der Waals surface area (Å²) >= 11 is 7.23. The van der Waals surface area contributed by atoms with Gasteiger partial charge in [0.15, 0.2) is 10.9 Å². The fraction of sp³-hybridized carbons (Fsp3) is 0.0909. The highest BCUT2D eigenvalue weighted by Gasteiger charge is 2.13. The van der Waals surface area contributed by atoms with Gasteiger partial charge in [-0.05, 0) is 12.3 Å². The van der Waals surface area contributed by atoms with Crippen LogP contribution in [0.5, 0.6) is 11.6 Å². The Morgan fingerprint density at radius 1 is 1.40 bits per heavy atom. The van der Waals surface area contributed by atoms with Crippen molar-refractivity contribution in [2.24, 2.45) is 0 Å². The maximum atomic E-state index is 10.7. The van der Waals surface area contributed by atoms with Gasteiger partial charge in [-0.2, -0.15) is 4.98 Å². The van der Waals surface area contributed by atoms with Crippen LogP contribution in [0.25, 0.3) is 0 Å². The van der Waals surface area contributed by atoms with Gasteiger partial charge in [0.05, 0.1) is 16.0 Å². The van der Waals surface area contributed by atoms with Crippen LogP contribution < -0.4 is 10.5 Å². The van der Waals surface area contributed by atoms with E-state index in [4.69, 9.17) is 22.1 Å². The lowest BCUT2D eigenvalue weighted by molar-refractivity contribution is -0.384. The highest BCUT2D eigenvalue weighted by atomic mass is 35.5. The average molecular weight is 313 g/mol. The monoisotopic (exact) mass is 312 g/mol. The average Bonchev–Trinajstić information content (AvgIpc) is 2.40. The summed E-state index contributed by atoms with van der Waals surface area (Å²) in [5, 5.41) is 11.4. The summed E-state index contributed by atoms with van der Waals surface area (Å²) < 4.78 is 5.44. The molecule has 7 nitrogen and oxygen atoms in total. The number of nitro groups is 1. The third kappa shape index (κ3) is 3.28. The van der Waals surface area contributed by atoms with E-state index in [0.29, 0.717) is 5.16 Å². The first kappa shape index (κ1) is 14.4. The van der Waals surface area contributed by atoms with Gasteiger partial charge in [-0.3, -0.25) is 10.1 Å². The molecule has 0 aliphatic heterocycles. The highest BCUT2D eigenvalue weighted by molar-refractivity contribution is 7.98. The van der Waals surface area contributed by atoms with E-state index in [1.807, 2.05) is 0 Å². The molecule has 0 radical (unpaired) electrons. The fourth-order valence-corrected chi connectivity index (χ4v) is 1.89. The Morgan fingerprint density at radius 3 is 2.80 bits per heavy atom. The maximum Gasteiger partial charge on any atom is 0.273 e. The molecular formula is C11H9ClN4O3S. The molecule has 0 saturated carbocycles. The molecule has 1 aromatic heterocycles. The van der Waals surface area contributed by atoms with Gasteiger partial charge in [0.25, 0.3) is 5.69 Å². The van der Waals surface area contributed by atoms with Crippen LogP contribution in [-0.4, -0.2) is 21.1 Å².